The molecule has 3 aromatic heterocycles. The molecule has 3 aromatic rings. The van der Waals surface area contributed by atoms with Crippen molar-refractivity contribution >= 4 is 0 Å². The second-order valence-electron chi connectivity index (χ2n) is 7.80. The molecule has 0 radical (unpaired) electrons. The van der Waals surface area contributed by atoms with Crippen LogP contribution in [-0.4, -0.2) is 36.0 Å². The summed E-state index contributed by atoms with van der Waals surface area (Å²) in [5.41, 5.74) is 7.12. The van der Waals surface area contributed by atoms with E-state index in [0.717, 1.165) is 56.5 Å². The first-order valence-electron chi connectivity index (χ1n) is 9.93. The number of fused-ring (bicyclic) bond motifs is 1. The highest BCUT2D eigenvalue weighted by Crippen LogP contribution is 2.35. The predicted molar refractivity (Wildman–Crippen MR) is 101 cm³/mol. The molecule has 5 rings (SSSR count). The van der Waals surface area contributed by atoms with Crippen molar-refractivity contribution in [1.29, 1.82) is 0 Å². The zero-order valence-corrected chi connectivity index (χ0v) is 16.1. The Kier molecular flexibility index (Phi) is 4.11. The molecule has 142 valence electrons. The van der Waals surface area contributed by atoms with Crippen molar-refractivity contribution in [2.24, 2.45) is 5.92 Å². The third-order valence-electron chi connectivity index (χ3n) is 5.91. The average molecular weight is 366 g/mol. The zero-order chi connectivity index (χ0) is 18.4. The van der Waals surface area contributed by atoms with Gasteiger partial charge in [-0.2, -0.15) is 10.2 Å². The number of aryl methyl sites for hydroxylation is 1. The van der Waals surface area contributed by atoms with Gasteiger partial charge in [0.1, 0.15) is 17.7 Å². The quantitative estimate of drug-likeness (QED) is 0.671. The molecule has 7 heteroatoms. The van der Waals surface area contributed by atoms with Crippen LogP contribution in [0.15, 0.2) is 23.3 Å². The van der Waals surface area contributed by atoms with E-state index < -0.39 is 0 Å². The van der Waals surface area contributed by atoms with Gasteiger partial charge in [0.15, 0.2) is 6.39 Å². The number of oxazole rings is 1. The second kappa shape index (κ2) is 6.64. The van der Waals surface area contributed by atoms with Crippen molar-refractivity contribution < 1.29 is 4.42 Å². The van der Waals surface area contributed by atoms with Crippen LogP contribution < -0.4 is 0 Å². The highest BCUT2D eigenvalue weighted by Gasteiger charge is 2.30. The maximum atomic E-state index is 5.23. The number of aromatic nitrogens is 5. The van der Waals surface area contributed by atoms with E-state index >= 15 is 0 Å². The van der Waals surface area contributed by atoms with Crippen LogP contribution >= 0.6 is 0 Å². The molecule has 0 amide bonds. The van der Waals surface area contributed by atoms with Gasteiger partial charge in [-0.3, -0.25) is 14.3 Å². The van der Waals surface area contributed by atoms with Crippen molar-refractivity contribution in [1.82, 2.24) is 29.4 Å². The summed E-state index contributed by atoms with van der Waals surface area (Å²) < 4.78 is 9.54. The molecule has 4 heterocycles. The molecule has 1 aliphatic carbocycles. The first kappa shape index (κ1) is 16.7. The van der Waals surface area contributed by atoms with Gasteiger partial charge in [-0.15, -0.1) is 0 Å². The van der Waals surface area contributed by atoms with Gasteiger partial charge >= 0.3 is 0 Å². The first-order valence-corrected chi connectivity index (χ1v) is 9.93. The van der Waals surface area contributed by atoms with Crippen LogP contribution in [0.4, 0.5) is 0 Å². The van der Waals surface area contributed by atoms with Gasteiger partial charge in [0, 0.05) is 61.7 Å². The lowest BCUT2D eigenvalue weighted by Gasteiger charge is -2.27. The molecule has 7 nitrogen and oxygen atoms in total. The summed E-state index contributed by atoms with van der Waals surface area (Å²) in [6.07, 6.45) is 8.92. The van der Waals surface area contributed by atoms with Crippen LogP contribution in [0.1, 0.15) is 42.3 Å². The van der Waals surface area contributed by atoms with E-state index in [0.29, 0.717) is 0 Å². The number of hydrogen-bond donors (Lipinski definition) is 0. The lowest BCUT2D eigenvalue weighted by molar-refractivity contribution is 0.241. The van der Waals surface area contributed by atoms with E-state index in [1.807, 2.05) is 6.20 Å². The standard InChI is InChI=1S/C20H26N6O/c1-3-25-14(2)16(8-22-25)10-24-7-6-19-17(11-24)20(18-12-27-13-21-18)23-26(19)9-15-4-5-15/h8,12-13,15H,3-7,9-11H2,1-2H3. The first-order chi connectivity index (χ1) is 13.2. The minimum Gasteiger partial charge on any atom is -0.451 e. The van der Waals surface area contributed by atoms with Crippen LogP contribution in [0.25, 0.3) is 11.4 Å². The van der Waals surface area contributed by atoms with Gasteiger partial charge in [0.05, 0.1) is 6.20 Å². The third-order valence-corrected chi connectivity index (χ3v) is 5.91. The summed E-state index contributed by atoms with van der Waals surface area (Å²) in [7, 11) is 0. The van der Waals surface area contributed by atoms with E-state index in [9.17, 15) is 0 Å². The number of rotatable bonds is 6. The van der Waals surface area contributed by atoms with E-state index in [-0.39, 0.29) is 0 Å². The average Bonchev–Trinajstić information content (AvgIpc) is 3.06. The molecule has 1 fully saturated rings. The van der Waals surface area contributed by atoms with Gasteiger partial charge in [0.25, 0.3) is 0 Å². The Labute approximate surface area is 159 Å². The highest BCUT2D eigenvalue weighted by atomic mass is 16.3. The lowest BCUT2D eigenvalue weighted by Crippen LogP contribution is -2.31. The van der Waals surface area contributed by atoms with Crippen molar-refractivity contribution in [3.63, 3.8) is 0 Å². The fourth-order valence-electron chi connectivity index (χ4n) is 4.11. The molecule has 1 saturated carbocycles. The number of hydrogen-bond acceptors (Lipinski definition) is 5. The Morgan fingerprint density at radius 3 is 2.85 bits per heavy atom. The van der Waals surface area contributed by atoms with Crippen LogP contribution in [0.5, 0.6) is 0 Å². The monoisotopic (exact) mass is 366 g/mol. The Morgan fingerprint density at radius 1 is 1.26 bits per heavy atom. The van der Waals surface area contributed by atoms with Gasteiger partial charge < -0.3 is 4.42 Å². The zero-order valence-electron chi connectivity index (χ0n) is 16.1. The van der Waals surface area contributed by atoms with Crippen LogP contribution in [-0.2, 0) is 32.6 Å². The second-order valence-corrected chi connectivity index (χ2v) is 7.80. The Bertz CT molecular complexity index is 934. The van der Waals surface area contributed by atoms with Crippen LogP contribution in [0.2, 0.25) is 0 Å². The van der Waals surface area contributed by atoms with Crippen molar-refractivity contribution in [2.45, 2.75) is 59.3 Å². The Balaban J connectivity index is 1.43. The van der Waals surface area contributed by atoms with Crippen molar-refractivity contribution in [3.05, 3.63) is 41.4 Å². The predicted octanol–water partition coefficient (Wildman–Crippen LogP) is 3.03. The van der Waals surface area contributed by atoms with Crippen molar-refractivity contribution in [3.8, 4) is 11.4 Å². The van der Waals surface area contributed by atoms with E-state index in [4.69, 9.17) is 9.52 Å². The maximum absolute atomic E-state index is 5.23. The minimum absolute atomic E-state index is 0.805. The molecule has 0 aromatic carbocycles. The molecule has 1 aliphatic heterocycles. The van der Waals surface area contributed by atoms with Gasteiger partial charge in [0.2, 0.25) is 0 Å². The molecule has 0 N–H and O–H groups in total. The van der Waals surface area contributed by atoms with E-state index in [1.54, 1.807) is 6.26 Å². The smallest absolute Gasteiger partial charge is 0.181 e. The van der Waals surface area contributed by atoms with Crippen LogP contribution in [0, 0.1) is 12.8 Å². The summed E-state index contributed by atoms with van der Waals surface area (Å²) in [4.78, 5) is 6.86. The van der Waals surface area contributed by atoms with Gasteiger partial charge in [-0.05, 0) is 32.6 Å². The van der Waals surface area contributed by atoms with E-state index in [2.05, 4.69) is 38.2 Å². The number of nitrogens with zero attached hydrogens (tertiary/aromatic N) is 6. The van der Waals surface area contributed by atoms with Gasteiger partial charge in [-0.25, -0.2) is 4.98 Å². The molecular weight excluding hydrogens is 340 g/mol. The fraction of sp³-hybridized carbons (Fsp3) is 0.550. The van der Waals surface area contributed by atoms with Gasteiger partial charge in [-0.1, -0.05) is 0 Å². The molecule has 0 bridgehead atoms. The minimum atomic E-state index is 0.805. The molecular formula is C20H26N6O. The third kappa shape index (κ3) is 3.10. The Hall–Kier alpha value is -2.41. The molecule has 0 unspecified atom stereocenters. The topological polar surface area (TPSA) is 64.9 Å². The largest absolute Gasteiger partial charge is 0.451 e. The SMILES string of the molecule is CCn1ncc(CN2CCc3c(c(-c4cocn4)nn3CC3CC3)C2)c1C. The molecule has 0 saturated heterocycles. The lowest BCUT2D eigenvalue weighted by atomic mass is 10.0. The summed E-state index contributed by atoms with van der Waals surface area (Å²) in [6, 6.07) is 0. The normalized spacial score (nSPS) is 17.4. The summed E-state index contributed by atoms with van der Waals surface area (Å²) in [6.45, 7) is 9.14. The summed E-state index contributed by atoms with van der Waals surface area (Å²) >= 11 is 0. The fourth-order valence-corrected chi connectivity index (χ4v) is 4.11. The molecule has 2 aliphatic rings. The molecule has 27 heavy (non-hydrogen) atoms. The maximum Gasteiger partial charge on any atom is 0.181 e. The Morgan fingerprint density at radius 2 is 2.15 bits per heavy atom. The van der Waals surface area contributed by atoms with E-state index in [1.165, 1.54) is 41.8 Å². The molecule has 0 atom stereocenters. The van der Waals surface area contributed by atoms with Crippen molar-refractivity contribution in [2.75, 3.05) is 6.54 Å². The summed E-state index contributed by atoms with van der Waals surface area (Å²) in [5, 5.41) is 9.44. The van der Waals surface area contributed by atoms with Crippen LogP contribution in [0.3, 0.4) is 0 Å². The molecule has 0 spiro atoms. The summed E-state index contributed by atoms with van der Waals surface area (Å²) in [5.74, 6) is 0.805. The highest BCUT2D eigenvalue weighted by molar-refractivity contribution is 5.59.